The van der Waals surface area contributed by atoms with Gasteiger partial charge in [-0.3, -0.25) is 14.9 Å². The Labute approximate surface area is 303 Å². The number of hydrogen-bond donors (Lipinski definition) is 1. The van der Waals surface area contributed by atoms with E-state index in [0.29, 0.717) is 11.8 Å². The second-order valence-corrected chi connectivity index (χ2v) is 15.4. The van der Waals surface area contributed by atoms with Crippen LogP contribution in [0.4, 0.5) is 0 Å². The number of benzene rings is 2. The first-order chi connectivity index (χ1) is 23.8. The molecule has 0 saturated carbocycles. The molecule has 4 nitrogen and oxygen atoms in total. The quantitative estimate of drug-likeness (QED) is 0.209. The normalized spacial score (nSPS) is 18.2. The van der Waals surface area contributed by atoms with Gasteiger partial charge in [0.25, 0.3) is 0 Å². The number of rotatable bonds is 5. The van der Waals surface area contributed by atoms with Gasteiger partial charge in [-0.25, -0.2) is 0 Å². The highest BCUT2D eigenvalue weighted by molar-refractivity contribution is 9.08. The predicted octanol–water partition coefficient (Wildman–Crippen LogP) is 10.2. The summed E-state index contributed by atoms with van der Waals surface area (Å²) >= 11 is 3.42. The van der Waals surface area contributed by atoms with Gasteiger partial charge in [0.15, 0.2) is 0 Å². The molecule has 49 heavy (non-hydrogen) atoms. The molecule has 2 aliphatic carbocycles. The maximum Gasteiger partial charge on any atom is 0.0576 e. The Bertz CT molecular complexity index is 1710. The summed E-state index contributed by atoms with van der Waals surface area (Å²) < 4.78 is 0. The van der Waals surface area contributed by atoms with Crippen LogP contribution < -0.4 is 5.32 Å². The summed E-state index contributed by atoms with van der Waals surface area (Å²) in [4.78, 5) is 11.8. The maximum atomic E-state index is 4.69. The number of fused-ring (bicyclic) bond motifs is 4. The fourth-order valence-corrected chi connectivity index (χ4v) is 8.01. The van der Waals surface area contributed by atoms with E-state index in [1.165, 1.54) is 70.5 Å². The highest BCUT2D eigenvalue weighted by Gasteiger charge is 2.39. The molecule has 2 aromatic carbocycles. The van der Waals surface area contributed by atoms with E-state index in [9.17, 15) is 0 Å². The van der Waals surface area contributed by atoms with Crippen LogP contribution in [-0.4, -0.2) is 41.0 Å². The third-order valence-electron chi connectivity index (χ3n) is 10.9. The van der Waals surface area contributed by atoms with Crippen molar-refractivity contribution in [3.63, 3.8) is 0 Å². The molecule has 2 spiro atoms. The molecule has 4 aromatic rings. The van der Waals surface area contributed by atoms with Gasteiger partial charge in [-0.05, 0) is 109 Å². The first-order valence-corrected chi connectivity index (χ1v) is 19.4. The van der Waals surface area contributed by atoms with Crippen molar-refractivity contribution in [2.45, 2.75) is 87.9 Å². The largest absolute Gasteiger partial charge is 0.317 e. The molecule has 0 bridgehead atoms. The third-order valence-corrected chi connectivity index (χ3v) is 11.5. The minimum Gasteiger partial charge on any atom is -0.317 e. The average Bonchev–Trinajstić information content (AvgIpc) is 3.68. The van der Waals surface area contributed by atoms with Crippen LogP contribution in [0.15, 0.2) is 97.3 Å². The fraction of sp³-hybridized carbons (Fsp3) is 0.409. The van der Waals surface area contributed by atoms with E-state index in [4.69, 9.17) is 4.98 Å². The number of hydrogen-bond acceptors (Lipinski definition) is 4. The zero-order valence-electron chi connectivity index (χ0n) is 29.8. The van der Waals surface area contributed by atoms with Crippen LogP contribution in [0.2, 0.25) is 0 Å². The molecule has 2 aliphatic heterocycles. The maximum absolute atomic E-state index is 4.69. The topological polar surface area (TPSA) is 41.1 Å². The molecule has 4 aliphatic rings. The second-order valence-electron chi connectivity index (χ2n) is 14.8. The van der Waals surface area contributed by atoms with E-state index in [-0.39, 0.29) is 10.8 Å². The summed E-state index contributed by atoms with van der Waals surface area (Å²) in [5.41, 5.74) is 11.3. The lowest BCUT2D eigenvalue weighted by Gasteiger charge is -2.38. The molecular formula is C44H53BrN4. The lowest BCUT2D eigenvalue weighted by molar-refractivity contribution is 0.175. The Balaban J connectivity index is 0.000000141. The SMILES string of the molecule is C1=CC2(CCNCC2)c2ncccc21.CC(C)c1ccc(CBr)cc1.CC(C)c1ccc(CN2CCC3(C=Cc4cccnc43)CC2)cc1. The van der Waals surface area contributed by atoms with E-state index in [1.54, 1.807) is 0 Å². The van der Waals surface area contributed by atoms with E-state index >= 15 is 0 Å². The number of halogens is 1. The molecule has 0 amide bonds. The fourth-order valence-electron chi connectivity index (χ4n) is 7.64. The molecule has 4 heterocycles. The van der Waals surface area contributed by atoms with Crippen LogP contribution >= 0.6 is 15.9 Å². The van der Waals surface area contributed by atoms with Gasteiger partial charge in [0.2, 0.25) is 0 Å². The van der Waals surface area contributed by atoms with Crippen LogP contribution in [0.3, 0.4) is 0 Å². The zero-order valence-corrected chi connectivity index (χ0v) is 31.4. The molecule has 2 fully saturated rings. The highest BCUT2D eigenvalue weighted by atomic mass is 79.9. The van der Waals surface area contributed by atoms with Crippen molar-refractivity contribution in [3.8, 4) is 0 Å². The lowest BCUT2D eigenvalue weighted by Crippen LogP contribution is -2.41. The smallest absolute Gasteiger partial charge is 0.0576 e. The van der Waals surface area contributed by atoms with E-state index in [2.05, 4.69) is 144 Å². The lowest BCUT2D eigenvalue weighted by atomic mass is 9.77. The monoisotopic (exact) mass is 716 g/mol. The number of piperidine rings is 2. The minimum absolute atomic E-state index is 0.189. The van der Waals surface area contributed by atoms with Gasteiger partial charge in [-0.15, -0.1) is 0 Å². The van der Waals surface area contributed by atoms with E-state index in [1.807, 2.05) is 24.5 Å². The summed E-state index contributed by atoms with van der Waals surface area (Å²) in [6.45, 7) is 14.5. The van der Waals surface area contributed by atoms with Crippen molar-refractivity contribution < 1.29 is 0 Å². The van der Waals surface area contributed by atoms with Crippen molar-refractivity contribution >= 4 is 28.1 Å². The highest BCUT2D eigenvalue weighted by Crippen LogP contribution is 2.43. The molecular weight excluding hydrogens is 664 g/mol. The summed E-state index contributed by atoms with van der Waals surface area (Å²) in [5.74, 6) is 1.25. The van der Waals surface area contributed by atoms with Gasteiger partial charge in [-0.2, -0.15) is 0 Å². The summed E-state index contributed by atoms with van der Waals surface area (Å²) in [6, 6.07) is 26.3. The zero-order chi connectivity index (χ0) is 34.3. The van der Waals surface area contributed by atoms with E-state index in [0.717, 1.165) is 38.1 Å². The molecule has 0 unspecified atom stereocenters. The Morgan fingerprint density at radius 3 is 1.59 bits per heavy atom. The number of allylic oxidation sites excluding steroid dienone is 2. The number of alkyl halides is 1. The Kier molecular flexibility index (Phi) is 11.6. The van der Waals surface area contributed by atoms with Gasteiger partial charge in [0.1, 0.15) is 0 Å². The molecule has 8 rings (SSSR count). The first kappa shape index (κ1) is 35.4. The number of nitrogens with one attached hydrogen (secondary N) is 1. The molecule has 2 aromatic heterocycles. The van der Waals surface area contributed by atoms with Crippen molar-refractivity contribution in [1.82, 2.24) is 20.2 Å². The minimum atomic E-state index is 0.189. The summed E-state index contributed by atoms with van der Waals surface area (Å²) in [5, 5.41) is 4.35. The number of likely N-dealkylation sites (tertiary alicyclic amines) is 1. The predicted molar refractivity (Wildman–Crippen MR) is 210 cm³/mol. The summed E-state index contributed by atoms with van der Waals surface area (Å²) in [6.07, 6.45) is 17.8. The van der Waals surface area contributed by atoms with Crippen LogP contribution in [0.5, 0.6) is 0 Å². The van der Waals surface area contributed by atoms with Gasteiger partial charge in [0, 0.05) is 35.1 Å². The standard InChI is InChI=1S/C22H26N2.C12H14N2.C10H13Br/c1-17(2)19-7-5-18(6-8-19)16-24-14-11-22(12-15-24)10-9-20-4-3-13-23-21(20)22;1-2-10-3-4-12(11(10)14-7-1)5-8-13-9-6-12;1-8(2)10-5-3-9(7-11)4-6-10/h3-10,13,17H,11-12,14-16H2,1-2H3;1-4,7,13H,5-6,8-9H2;3-6,8H,7H2,1-2H3. The van der Waals surface area contributed by atoms with Crippen molar-refractivity contribution in [1.29, 1.82) is 0 Å². The number of nitrogens with zero attached hydrogens (tertiary/aromatic N) is 3. The average molecular weight is 718 g/mol. The first-order valence-electron chi connectivity index (χ1n) is 18.3. The van der Waals surface area contributed by atoms with Crippen LogP contribution in [0.25, 0.3) is 12.2 Å². The Morgan fingerprint density at radius 1 is 0.653 bits per heavy atom. The molecule has 0 atom stereocenters. The van der Waals surface area contributed by atoms with Crippen LogP contribution in [0, 0.1) is 0 Å². The van der Waals surface area contributed by atoms with Crippen LogP contribution in [0.1, 0.15) is 110 Å². The second kappa shape index (κ2) is 16.1. The van der Waals surface area contributed by atoms with E-state index < -0.39 is 0 Å². The van der Waals surface area contributed by atoms with Gasteiger partial charge >= 0.3 is 0 Å². The van der Waals surface area contributed by atoms with Crippen molar-refractivity contribution in [3.05, 3.63) is 142 Å². The van der Waals surface area contributed by atoms with Crippen LogP contribution in [-0.2, 0) is 22.7 Å². The van der Waals surface area contributed by atoms with Gasteiger partial charge in [-0.1, -0.05) is 129 Å². The third kappa shape index (κ3) is 8.33. The molecule has 1 N–H and O–H groups in total. The number of aromatic nitrogens is 2. The van der Waals surface area contributed by atoms with Gasteiger partial charge in [0.05, 0.1) is 11.4 Å². The summed E-state index contributed by atoms with van der Waals surface area (Å²) in [7, 11) is 0. The van der Waals surface area contributed by atoms with Crippen molar-refractivity contribution in [2.75, 3.05) is 26.2 Å². The Morgan fingerprint density at radius 2 is 1.12 bits per heavy atom. The molecule has 0 radical (unpaired) electrons. The van der Waals surface area contributed by atoms with Crippen molar-refractivity contribution in [2.24, 2.45) is 0 Å². The molecule has 5 heteroatoms. The number of pyridine rings is 2. The molecule has 2 saturated heterocycles. The Hall–Kier alpha value is -3.38. The molecule has 256 valence electrons. The van der Waals surface area contributed by atoms with Gasteiger partial charge < -0.3 is 5.32 Å².